The lowest BCUT2D eigenvalue weighted by Gasteiger charge is -2.20. The highest BCUT2D eigenvalue weighted by Gasteiger charge is 2.09. The van der Waals surface area contributed by atoms with Gasteiger partial charge in [0.15, 0.2) is 0 Å². The van der Waals surface area contributed by atoms with Crippen LogP contribution in [0.4, 0.5) is 5.69 Å². The maximum absolute atomic E-state index is 11.0. The van der Waals surface area contributed by atoms with E-state index in [-0.39, 0.29) is 12.5 Å². The number of amides is 1. The van der Waals surface area contributed by atoms with Crippen LogP contribution in [0, 0.1) is 0 Å². The van der Waals surface area contributed by atoms with E-state index in [1.54, 1.807) is 0 Å². The number of anilines is 1. The Hall–Kier alpha value is -1.59. The Morgan fingerprint density at radius 1 is 1.44 bits per heavy atom. The topological polar surface area (TPSA) is 81.6 Å². The van der Waals surface area contributed by atoms with Crippen LogP contribution in [0.25, 0.3) is 0 Å². The summed E-state index contributed by atoms with van der Waals surface area (Å²) in [4.78, 5) is 13.0. The summed E-state index contributed by atoms with van der Waals surface area (Å²) in [5.74, 6) is -0.338. The van der Waals surface area contributed by atoms with Gasteiger partial charge in [0.2, 0.25) is 5.91 Å². The Kier molecular flexibility index (Phi) is 6.18. The molecule has 0 fully saturated rings. The molecule has 0 aromatic heterocycles. The lowest BCUT2D eigenvalue weighted by molar-refractivity contribution is -0.119. The van der Waals surface area contributed by atoms with E-state index in [2.05, 4.69) is 0 Å². The lowest BCUT2D eigenvalue weighted by atomic mass is 10.2. The van der Waals surface area contributed by atoms with Crippen molar-refractivity contribution in [1.29, 1.82) is 0 Å². The normalized spacial score (nSPS) is 10.8. The van der Waals surface area contributed by atoms with E-state index in [0.717, 1.165) is 11.3 Å². The Bertz CT molecular complexity index is 382. The molecule has 5 nitrogen and oxygen atoms in total. The van der Waals surface area contributed by atoms with Crippen molar-refractivity contribution in [1.82, 2.24) is 4.90 Å². The molecule has 1 rings (SSSR count). The third kappa shape index (κ3) is 5.65. The molecule has 0 atom stereocenters. The highest BCUT2D eigenvalue weighted by molar-refractivity contribution is 5.75. The molecule has 0 aliphatic rings. The molecule has 5 heteroatoms. The van der Waals surface area contributed by atoms with E-state index in [1.165, 1.54) is 0 Å². The quantitative estimate of drug-likeness (QED) is 0.523. The van der Waals surface area contributed by atoms with Gasteiger partial charge in [-0.15, -0.1) is 0 Å². The molecular weight excluding hydrogens is 230 g/mol. The van der Waals surface area contributed by atoms with Crippen LogP contribution >= 0.6 is 0 Å². The Morgan fingerprint density at radius 3 is 2.83 bits per heavy atom. The minimum absolute atomic E-state index is 0.224. The van der Waals surface area contributed by atoms with Crippen molar-refractivity contribution >= 4 is 11.6 Å². The molecule has 0 bridgehead atoms. The third-order valence-corrected chi connectivity index (χ3v) is 2.49. The number of carbonyl (C=O) groups is 1. The van der Waals surface area contributed by atoms with Gasteiger partial charge in [-0.25, -0.2) is 0 Å². The average molecular weight is 251 g/mol. The van der Waals surface area contributed by atoms with Gasteiger partial charge in [0.25, 0.3) is 0 Å². The third-order valence-electron chi connectivity index (χ3n) is 2.49. The Balaban J connectivity index is 2.56. The van der Waals surface area contributed by atoms with Crippen molar-refractivity contribution in [3.05, 3.63) is 29.8 Å². The minimum Gasteiger partial charge on any atom is -0.399 e. The zero-order valence-corrected chi connectivity index (χ0v) is 10.8. The maximum Gasteiger partial charge on any atom is 0.231 e. The first-order valence-electron chi connectivity index (χ1n) is 6.04. The molecule has 1 aromatic carbocycles. The fraction of sp³-hybridized carbons (Fsp3) is 0.462. The number of hydrogen-bond acceptors (Lipinski definition) is 4. The first-order valence-corrected chi connectivity index (χ1v) is 6.04. The Labute approximate surface area is 108 Å². The summed E-state index contributed by atoms with van der Waals surface area (Å²) in [5, 5.41) is 0. The zero-order chi connectivity index (χ0) is 13.4. The number of rotatable bonds is 8. The molecule has 0 saturated carbocycles. The summed E-state index contributed by atoms with van der Waals surface area (Å²) in [6.45, 7) is 4.74. The molecule has 0 aliphatic carbocycles. The monoisotopic (exact) mass is 251 g/mol. The summed E-state index contributed by atoms with van der Waals surface area (Å²) in [7, 11) is 0. The maximum atomic E-state index is 11.0. The van der Waals surface area contributed by atoms with Crippen LogP contribution in [0.5, 0.6) is 0 Å². The van der Waals surface area contributed by atoms with Crippen molar-refractivity contribution in [2.45, 2.75) is 13.5 Å². The van der Waals surface area contributed by atoms with Gasteiger partial charge in [-0.3, -0.25) is 9.69 Å². The molecule has 18 heavy (non-hydrogen) atoms. The summed E-state index contributed by atoms with van der Waals surface area (Å²) in [5.41, 5.74) is 12.7. The van der Waals surface area contributed by atoms with Gasteiger partial charge >= 0.3 is 0 Å². The second-order valence-corrected chi connectivity index (χ2v) is 4.12. The summed E-state index contributed by atoms with van der Waals surface area (Å²) in [6, 6.07) is 7.61. The molecule has 0 radical (unpaired) electrons. The minimum atomic E-state index is -0.338. The molecule has 100 valence electrons. The number of primary amides is 1. The van der Waals surface area contributed by atoms with E-state index in [0.29, 0.717) is 26.3 Å². The molecule has 0 aliphatic heterocycles. The van der Waals surface area contributed by atoms with Crippen molar-refractivity contribution in [3.8, 4) is 0 Å². The molecule has 0 spiro atoms. The van der Waals surface area contributed by atoms with E-state index >= 15 is 0 Å². The van der Waals surface area contributed by atoms with Crippen LogP contribution in [0.2, 0.25) is 0 Å². The van der Waals surface area contributed by atoms with Crippen molar-refractivity contribution in [2.24, 2.45) is 5.73 Å². The lowest BCUT2D eigenvalue weighted by Crippen LogP contribution is -2.35. The van der Waals surface area contributed by atoms with Crippen LogP contribution in [-0.4, -0.2) is 37.1 Å². The number of hydrogen-bond donors (Lipinski definition) is 2. The van der Waals surface area contributed by atoms with E-state index in [9.17, 15) is 4.79 Å². The first kappa shape index (κ1) is 14.5. The number of ether oxygens (including phenoxy) is 1. The van der Waals surface area contributed by atoms with Gasteiger partial charge in [0, 0.05) is 25.4 Å². The number of carbonyl (C=O) groups excluding carboxylic acids is 1. The van der Waals surface area contributed by atoms with Crippen molar-refractivity contribution in [3.63, 3.8) is 0 Å². The molecule has 4 N–H and O–H groups in total. The fourth-order valence-corrected chi connectivity index (χ4v) is 1.72. The summed E-state index contributed by atoms with van der Waals surface area (Å²) in [6.07, 6.45) is 0. The van der Waals surface area contributed by atoms with Gasteiger partial charge in [-0.05, 0) is 24.6 Å². The molecule has 0 heterocycles. The molecule has 0 unspecified atom stereocenters. The van der Waals surface area contributed by atoms with Crippen LogP contribution in [-0.2, 0) is 16.1 Å². The second kappa shape index (κ2) is 7.68. The predicted octanol–water partition coefficient (Wildman–Crippen LogP) is 0.593. The summed E-state index contributed by atoms with van der Waals surface area (Å²) < 4.78 is 5.29. The van der Waals surface area contributed by atoms with Crippen LogP contribution < -0.4 is 11.5 Å². The zero-order valence-electron chi connectivity index (χ0n) is 10.8. The van der Waals surface area contributed by atoms with E-state index in [1.807, 2.05) is 36.1 Å². The average Bonchev–Trinajstić information content (AvgIpc) is 2.28. The molecule has 1 aromatic rings. The van der Waals surface area contributed by atoms with Crippen LogP contribution in [0.3, 0.4) is 0 Å². The predicted molar refractivity (Wildman–Crippen MR) is 71.8 cm³/mol. The van der Waals surface area contributed by atoms with Crippen molar-refractivity contribution in [2.75, 3.05) is 32.0 Å². The number of nitrogens with two attached hydrogens (primary N) is 2. The molecule has 0 saturated heterocycles. The fourth-order valence-electron chi connectivity index (χ4n) is 1.72. The van der Waals surface area contributed by atoms with E-state index in [4.69, 9.17) is 16.2 Å². The standard InChI is InChI=1S/C13H21N3O2/c1-2-18-7-6-16(10-13(15)17)9-11-4-3-5-12(14)8-11/h3-5,8H,2,6-7,9-10,14H2,1H3,(H2,15,17). The van der Waals surface area contributed by atoms with Crippen LogP contribution in [0.1, 0.15) is 12.5 Å². The van der Waals surface area contributed by atoms with E-state index < -0.39 is 0 Å². The number of nitrogen functional groups attached to an aromatic ring is 1. The smallest absolute Gasteiger partial charge is 0.231 e. The highest BCUT2D eigenvalue weighted by atomic mass is 16.5. The SMILES string of the molecule is CCOCCN(CC(N)=O)Cc1cccc(N)c1. The highest BCUT2D eigenvalue weighted by Crippen LogP contribution is 2.09. The van der Waals surface area contributed by atoms with Gasteiger partial charge in [0.05, 0.1) is 13.2 Å². The van der Waals surface area contributed by atoms with Gasteiger partial charge in [-0.1, -0.05) is 12.1 Å². The van der Waals surface area contributed by atoms with Crippen LogP contribution in [0.15, 0.2) is 24.3 Å². The first-order chi connectivity index (χ1) is 8.61. The molecular formula is C13H21N3O2. The molecule has 1 amide bonds. The van der Waals surface area contributed by atoms with Gasteiger partial charge in [0.1, 0.15) is 0 Å². The summed E-state index contributed by atoms with van der Waals surface area (Å²) >= 11 is 0. The number of nitrogens with zero attached hydrogens (tertiary/aromatic N) is 1. The van der Waals surface area contributed by atoms with Gasteiger partial charge in [-0.2, -0.15) is 0 Å². The van der Waals surface area contributed by atoms with Crippen molar-refractivity contribution < 1.29 is 9.53 Å². The Morgan fingerprint density at radius 2 is 2.22 bits per heavy atom. The van der Waals surface area contributed by atoms with Gasteiger partial charge < -0.3 is 16.2 Å². The second-order valence-electron chi connectivity index (χ2n) is 4.12. The number of benzene rings is 1. The largest absolute Gasteiger partial charge is 0.399 e.